The van der Waals surface area contributed by atoms with E-state index in [4.69, 9.17) is 9.47 Å². The number of carbonyl (C=O) groups excluding carboxylic acids is 2. The fourth-order valence-electron chi connectivity index (χ4n) is 3.66. The Bertz CT molecular complexity index is 754. The maximum atomic E-state index is 13.3. The number of benzene rings is 1. The summed E-state index contributed by atoms with van der Waals surface area (Å²) in [6.45, 7) is 5.68. The van der Waals surface area contributed by atoms with Gasteiger partial charge in [-0.15, -0.1) is 0 Å². The maximum absolute atomic E-state index is 13.3. The minimum atomic E-state index is -0.450. The molecule has 27 heavy (non-hydrogen) atoms. The van der Waals surface area contributed by atoms with Gasteiger partial charge in [0, 0.05) is 38.9 Å². The van der Waals surface area contributed by atoms with E-state index in [2.05, 4.69) is 11.9 Å². The van der Waals surface area contributed by atoms with Crippen molar-refractivity contribution in [3.8, 4) is 11.5 Å². The molecular formula is C20H27N3O4. The molecule has 2 aliphatic heterocycles. The van der Waals surface area contributed by atoms with E-state index >= 15 is 0 Å². The van der Waals surface area contributed by atoms with Crippen LogP contribution in [0.15, 0.2) is 18.3 Å². The van der Waals surface area contributed by atoms with Gasteiger partial charge in [0.2, 0.25) is 0 Å². The molecule has 0 aromatic heterocycles. The van der Waals surface area contributed by atoms with Crippen LogP contribution >= 0.6 is 0 Å². The van der Waals surface area contributed by atoms with Crippen molar-refractivity contribution in [2.75, 3.05) is 54.0 Å². The fourth-order valence-corrected chi connectivity index (χ4v) is 3.66. The highest BCUT2D eigenvalue weighted by Crippen LogP contribution is 2.41. The first-order chi connectivity index (χ1) is 13.0. The smallest absolute Gasteiger partial charge is 0.256 e. The van der Waals surface area contributed by atoms with Gasteiger partial charge < -0.3 is 29.0 Å². The Morgan fingerprint density at radius 1 is 1.15 bits per heavy atom. The molecule has 146 valence electrons. The molecule has 0 radical (unpaired) electrons. The van der Waals surface area contributed by atoms with Crippen LogP contribution < -0.4 is 9.47 Å². The predicted octanol–water partition coefficient (Wildman–Crippen LogP) is 1.39. The van der Waals surface area contributed by atoms with Gasteiger partial charge in [-0.3, -0.25) is 4.79 Å². The Morgan fingerprint density at radius 3 is 2.33 bits per heavy atom. The number of hydrogen-bond donors (Lipinski definition) is 0. The number of hydrogen-bond acceptors (Lipinski definition) is 6. The predicted molar refractivity (Wildman–Crippen MR) is 103 cm³/mol. The van der Waals surface area contributed by atoms with Crippen molar-refractivity contribution >= 4 is 17.8 Å². The number of methoxy groups -OCH3 is 2. The molecule has 1 saturated heterocycles. The van der Waals surface area contributed by atoms with Crippen LogP contribution in [0.4, 0.5) is 0 Å². The highest BCUT2D eigenvalue weighted by Gasteiger charge is 2.33. The van der Waals surface area contributed by atoms with Crippen LogP contribution in [-0.2, 0) is 9.59 Å². The van der Waals surface area contributed by atoms with Crippen molar-refractivity contribution < 1.29 is 19.1 Å². The van der Waals surface area contributed by atoms with Gasteiger partial charge in [-0.2, -0.15) is 0 Å². The number of likely N-dealkylation sites (N-methyl/N-ethyl adjacent to an activating group) is 2. The number of carbonyl (C=O) groups is 2. The van der Waals surface area contributed by atoms with E-state index in [1.807, 2.05) is 22.9 Å². The summed E-state index contributed by atoms with van der Waals surface area (Å²) in [6, 6.07) is 3.16. The molecule has 2 aliphatic rings. The lowest BCUT2D eigenvalue weighted by Gasteiger charge is -2.37. The molecular weight excluding hydrogens is 346 g/mol. The van der Waals surface area contributed by atoms with E-state index in [0.29, 0.717) is 36.7 Å². The Kier molecular flexibility index (Phi) is 5.70. The van der Waals surface area contributed by atoms with Crippen molar-refractivity contribution in [2.45, 2.75) is 13.0 Å². The van der Waals surface area contributed by atoms with Crippen LogP contribution in [0.1, 0.15) is 24.1 Å². The molecule has 1 amide bonds. The van der Waals surface area contributed by atoms with Crippen LogP contribution in [0.2, 0.25) is 0 Å². The summed E-state index contributed by atoms with van der Waals surface area (Å²) < 4.78 is 10.8. The first kappa shape index (κ1) is 19.2. The van der Waals surface area contributed by atoms with Crippen LogP contribution in [0.3, 0.4) is 0 Å². The molecule has 7 heteroatoms. The second kappa shape index (κ2) is 8.00. The zero-order valence-corrected chi connectivity index (χ0v) is 16.4. The molecule has 0 spiro atoms. The third kappa shape index (κ3) is 3.51. The first-order valence-corrected chi connectivity index (χ1v) is 9.21. The number of aldehydes is 1. The van der Waals surface area contributed by atoms with Gasteiger partial charge >= 0.3 is 0 Å². The van der Waals surface area contributed by atoms with Crippen molar-refractivity contribution in [1.82, 2.24) is 14.7 Å². The van der Waals surface area contributed by atoms with E-state index in [0.717, 1.165) is 30.5 Å². The second-order valence-corrected chi connectivity index (χ2v) is 6.84. The van der Waals surface area contributed by atoms with Gasteiger partial charge in [-0.05, 0) is 37.2 Å². The van der Waals surface area contributed by atoms with E-state index in [-0.39, 0.29) is 5.91 Å². The normalized spacial score (nSPS) is 20.0. The average Bonchev–Trinajstić information content (AvgIpc) is 2.71. The van der Waals surface area contributed by atoms with E-state index < -0.39 is 6.04 Å². The molecule has 3 rings (SSSR count). The summed E-state index contributed by atoms with van der Waals surface area (Å²) in [5.74, 6) is 1.08. The monoisotopic (exact) mass is 373 g/mol. The molecule has 0 bridgehead atoms. The number of piperazine rings is 1. The average molecular weight is 373 g/mol. The molecule has 0 N–H and O–H groups in total. The van der Waals surface area contributed by atoms with Gasteiger partial charge in [0.25, 0.3) is 5.91 Å². The third-order valence-electron chi connectivity index (χ3n) is 5.33. The minimum Gasteiger partial charge on any atom is -0.493 e. The van der Waals surface area contributed by atoms with Crippen molar-refractivity contribution in [3.63, 3.8) is 0 Å². The van der Waals surface area contributed by atoms with Gasteiger partial charge in [0.05, 0.1) is 19.8 Å². The number of ether oxygens (including phenoxy) is 2. The SMILES string of the molecule is CCN1C=C(C(=O)N2CCN(C)CC2)c2cc(OC)c(OC)cc2C1C=O. The Balaban J connectivity index is 2.07. The number of fused-ring (bicyclic) bond motifs is 1. The van der Waals surface area contributed by atoms with Crippen LogP contribution in [0.5, 0.6) is 11.5 Å². The lowest BCUT2D eigenvalue weighted by atomic mass is 9.90. The number of rotatable bonds is 5. The summed E-state index contributed by atoms with van der Waals surface area (Å²) in [5, 5.41) is 0. The Hall–Kier alpha value is -2.54. The molecule has 1 fully saturated rings. The van der Waals surface area contributed by atoms with Crippen LogP contribution in [-0.4, -0.2) is 80.9 Å². The van der Waals surface area contributed by atoms with Crippen LogP contribution in [0.25, 0.3) is 5.57 Å². The molecule has 0 aliphatic carbocycles. The highest BCUT2D eigenvalue weighted by molar-refractivity contribution is 6.20. The van der Waals surface area contributed by atoms with E-state index in [1.165, 1.54) is 0 Å². The molecule has 1 atom stereocenters. The molecule has 7 nitrogen and oxygen atoms in total. The van der Waals surface area contributed by atoms with Gasteiger partial charge in [0.15, 0.2) is 11.5 Å². The lowest BCUT2D eigenvalue weighted by Crippen LogP contribution is -2.48. The summed E-state index contributed by atoms with van der Waals surface area (Å²) in [6.07, 6.45) is 2.72. The first-order valence-electron chi connectivity index (χ1n) is 9.21. The molecule has 0 saturated carbocycles. The number of nitrogens with zero attached hydrogens (tertiary/aromatic N) is 3. The molecule has 1 aromatic rings. The second-order valence-electron chi connectivity index (χ2n) is 6.84. The van der Waals surface area contributed by atoms with E-state index in [1.54, 1.807) is 26.4 Å². The van der Waals surface area contributed by atoms with Crippen LogP contribution in [0, 0.1) is 0 Å². The Labute approximate surface area is 160 Å². The summed E-state index contributed by atoms with van der Waals surface area (Å²) in [7, 11) is 5.18. The zero-order valence-electron chi connectivity index (χ0n) is 16.4. The number of amides is 1. The van der Waals surface area contributed by atoms with E-state index in [9.17, 15) is 9.59 Å². The van der Waals surface area contributed by atoms with Gasteiger partial charge in [-0.25, -0.2) is 0 Å². The Morgan fingerprint density at radius 2 is 1.78 bits per heavy atom. The quantitative estimate of drug-likeness (QED) is 0.727. The summed E-state index contributed by atoms with van der Waals surface area (Å²) >= 11 is 0. The molecule has 1 unspecified atom stereocenters. The molecule has 2 heterocycles. The zero-order chi connectivity index (χ0) is 19.6. The standard InChI is InChI=1S/C20H27N3O4/c1-5-22-12-16(20(25)23-8-6-21(2)7-9-23)14-10-18(26-3)19(27-4)11-15(14)17(22)13-24/h10-13,17H,5-9H2,1-4H3. The lowest BCUT2D eigenvalue weighted by molar-refractivity contribution is -0.126. The summed E-state index contributed by atoms with van der Waals surface area (Å²) in [5.41, 5.74) is 2.10. The van der Waals surface area contributed by atoms with Gasteiger partial charge in [0.1, 0.15) is 12.3 Å². The topological polar surface area (TPSA) is 62.3 Å². The fraction of sp³-hybridized carbons (Fsp3) is 0.500. The molecule has 1 aromatic carbocycles. The largest absolute Gasteiger partial charge is 0.493 e. The van der Waals surface area contributed by atoms with Crippen molar-refractivity contribution in [1.29, 1.82) is 0 Å². The van der Waals surface area contributed by atoms with Crippen molar-refractivity contribution in [3.05, 3.63) is 29.5 Å². The van der Waals surface area contributed by atoms with Crippen molar-refractivity contribution in [2.24, 2.45) is 0 Å². The highest BCUT2D eigenvalue weighted by atomic mass is 16.5. The maximum Gasteiger partial charge on any atom is 0.256 e. The summed E-state index contributed by atoms with van der Waals surface area (Å²) in [4.78, 5) is 31.1. The van der Waals surface area contributed by atoms with Gasteiger partial charge in [-0.1, -0.05) is 0 Å². The third-order valence-corrected chi connectivity index (χ3v) is 5.33. The minimum absolute atomic E-state index is 0.0145.